The topological polar surface area (TPSA) is 44.1 Å². The summed E-state index contributed by atoms with van der Waals surface area (Å²) in [6, 6.07) is 1.71. The molecular formula is C8H10N2O2. The Morgan fingerprint density at radius 1 is 1.75 bits per heavy atom. The lowest BCUT2D eigenvalue weighted by atomic mass is 10.5. The predicted octanol–water partition coefficient (Wildman–Crippen LogP) is 0.917. The summed E-state index contributed by atoms with van der Waals surface area (Å²) in [6.45, 7) is 5.63. The zero-order valence-electron chi connectivity index (χ0n) is 6.86. The van der Waals surface area contributed by atoms with E-state index >= 15 is 0 Å². The molecule has 0 fully saturated rings. The van der Waals surface area contributed by atoms with Crippen LogP contribution in [0.15, 0.2) is 25.0 Å². The van der Waals surface area contributed by atoms with Crippen molar-refractivity contribution in [3.8, 4) is 0 Å². The Bertz CT molecular complexity index is 277. The first kappa shape index (κ1) is 8.52. The third-order valence-electron chi connectivity index (χ3n) is 1.29. The van der Waals surface area contributed by atoms with Gasteiger partial charge in [0.25, 0.3) is 0 Å². The molecule has 1 rings (SSSR count). The van der Waals surface area contributed by atoms with Gasteiger partial charge < -0.3 is 4.74 Å². The molecule has 4 heteroatoms. The lowest BCUT2D eigenvalue weighted by Crippen LogP contribution is -2.11. The molecule has 12 heavy (non-hydrogen) atoms. The number of ether oxygens (including phenoxy) is 1. The van der Waals surface area contributed by atoms with Crippen molar-refractivity contribution >= 4 is 11.7 Å². The Morgan fingerprint density at radius 2 is 2.50 bits per heavy atom. The maximum absolute atomic E-state index is 11.1. The van der Waals surface area contributed by atoms with Crippen LogP contribution in [0.3, 0.4) is 0 Å². The van der Waals surface area contributed by atoms with Crippen LogP contribution in [0.4, 0.5) is 0 Å². The molecule has 0 spiro atoms. The van der Waals surface area contributed by atoms with E-state index in [1.54, 1.807) is 25.4 Å². The van der Waals surface area contributed by atoms with Crippen LogP contribution in [0.25, 0.3) is 5.70 Å². The smallest absolute Gasteiger partial charge is 0.356 e. The first-order valence-corrected chi connectivity index (χ1v) is 3.61. The second-order valence-corrected chi connectivity index (χ2v) is 2.12. The molecule has 1 heterocycles. The number of esters is 1. The van der Waals surface area contributed by atoms with Gasteiger partial charge in [-0.3, -0.25) is 0 Å². The van der Waals surface area contributed by atoms with Crippen molar-refractivity contribution in [1.29, 1.82) is 0 Å². The van der Waals surface area contributed by atoms with Gasteiger partial charge in [-0.15, -0.1) is 0 Å². The van der Waals surface area contributed by atoms with E-state index in [1.165, 1.54) is 4.68 Å². The van der Waals surface area contributed by atoms with Crippen molar-refractivity contribution in [3.05, 3.63) is 25.0 Å². The van der Waals surface area contributed by atoms with Crippen molar-refractivity contribution in [3.63, 3.8) is 0 Å². The molecule has 0 amide bonds. The highest BCUT2D eigenvalue weighted by atomic mass is 16.5. The molecule has 0 N–H and O–H groups in total. The highest BCUT2D eigenvalue weighted by Gasteiger charge is 2.08. The standard InChI is InChI=1S/C8H10N2O2/c1-3-12-8(11)7(2)10-6-4-5-9-10/h4-6H,2-3H2,1H3. The van der Waals surface area contributed by atoms with E-state index in [4.69, 9.17) is 4.74 Å². The summed E-state index contributed by atoms with van der Waals surface area (Å²) in [5, 5.41) is 3.84. The summed E-state index contributed by atoms with van der Waals surface area (Å²) in [6.07, 6.45) is 3.21. The Morgan fingerprint density at radius 3 is 3.00 bits per heavy atom. The number of rotatable bonds is 3. The molecule has 0 aliphatic rings. The van der Waals surface area contributed by atoms with Gasteiger partial charge in [0, 0.05) is 12.4 Å². The van der Waals surface area contributed by atoms with Crippen molar-refractivity contribution in [2.75, 3.05) is 6.61 Å². The normalized spacial score (nSPS) is 9.42. The minimum Gasteiger partial charge on any atom is -0.461 e. The van der Waals surface area contributed by atoms with Gasteiger partial charge in [0.1, 0.15) is 5.70 Å². The predicted molar refractivity (Wildman–Crippen MR) is 44.2 cm³/mol. The van der Waals surface area contributed by atoms with Crippen LogP contribution < -0.4 is 0 Å². The summed E-state index contributed by atoms with van der Waals surface area (Å²) in [7, 11) is 0. The first-order valence-electron chi connectivity index (χ1n) is 3.61. The highest BCUT2D eigenvalue weighted by molar-refractivity contribution is 6.08. The summed E-state index contributed by atoms with van der Waals surface area (Å²) in [5.74, 6) is -0.443. The minimum absolute atomic E-state index is 0.224. The second-order valence-electron chi connectivity index (χ2n) is 2.12. The lowest BCUT2D eigenvalue weighted by molar-refractivity contribution is -0.136. The molecule has 0 bridgehead atoms. The number of hydrogen-bond acceptors (Lipinski definition) is 3. The second kappa shape index (κ2) is 3.71. The molecule has 0 aliphatic heterocycles. The van der Waals surface area contributed by atoms with Crippen LogP contribution in [0.5, 0.6) is 0 Å². The van der Waals surface area contributed by atoms with Gasteiger partial charge in [-0.25, -0.2) is 9.48 Å². The van der Waals surface area contributed by atoms with E-state index in [9.17, 15) is 4.79 Å². The maximum atomic E-state index is 11.1. The quantitative estimate of drug-likeness (QED) is 0.495. The maximum Gasteiger partial charge on any atom is 0.356 e. The van der Waals surface area contributed by atoms with E-state index < -0.39 is 5.97 Å². The van der Waals surface area contributed by atoms with Crippen molar-refractivity contribution in [1.82, 2.24) is 9.78 Å². The van der Waals surface area contributed by atoms with Crippen molar-refractivity contribution in [2.24, 2.45) is 0 Å². The molecule has 1 aromatic heterocycles. The highest BCUT2D eigenvalue weighted by Crippen LogP contribution is 2.01. The average Bonchev–Trinajstić information content (AvgIpc) is 2.55. The van der Waals surface area contributed by atoms with E-state index in [0.717, 1.165) is 0 Å². The Balaban J connectivity index is 2.66. The van der Waals surface area contributed by atoms with Gasteiger partial charge in [-0.1, -0.05) is 6.58 Å². The third kappa shape index (κ3) is 1.72. The van der Waals surface area contributed by atoms with Gasteiger partial charge in [0.15, 0.2) is 0 Å². The Kier molecular flexibility index (Phi) is 2.63. The van der Waals surface area contributed by atoms with Crippen LogP contribution in [0, 0.1) is 0 Å². The molecule has 0 saturated heterocycles. The van der Waals surface area contributed by atoms with Crippen LogP contribution in [-0.2, 0) is 9.53 Å². The zero-order valence-corrected chi connectivity index (χ0v) is 6.86. The fraction of sp³-hybridized carbons (Fsp3) is 0.250. The minimum atomic E-state index is -0.443. The number of carbonyl (C=O) groups is 1. The largest absolute Gasteiger partial charge is 0.461 e. The summed E-state index contributed by atoms with van der Waals surface area (Å²) >= 11 is 0. The fourth-order valence-corrected chi connectivity index (χ4v) is 0.736. The van der Waals surface area contributed by atoms with Gasteiger partial charge in [-0.2, -0.15) is 5.10 Å². The monoisotopic (exact) mass is 166 g/mol. The van der Waals surface area contributed by atoms with Crippen LogP contribution in [-0.4, -0.2) is 22.4 Å². The Labute approximate surface area is 70.4 Å². The van der Waals surface area contributed by atoms with E-state index in [0.29, 0.717) is 6.61 Å². The molecule has 4 nitrogen and oxygen atoms in total. The fourth-order valence-electron chi connectivity index (χ4n) is 0.736. The summed E-state index contributed by atoms with van der Waals surface area (Å²) < 4.78 is 6.10. The zero-order chi connectivity index (χ0) is 8.97. The van der Waals surface area contributed by atoms with Gasteiger partial charge >= 0.3 is 5.97 Å². The van der Waals surface area contributed by atoms with E-state index in [1.807, 2.05) is 0 Å². The summed E-state index contributed by atoms with van der Waals surface area (Å²) in [5.41, 5.74) is 0.224. The molecule has 64 valence electrons. The molecule has 0 aliphatic carbocycles. The SMILES string of the molecule is C=C(C(=O)OCC)n1cccn1. The number of aromatic nitrogens is 2. The van der Waals surface area contributed by atoms with Crippen molar-refractivity contribution < 1.29 is 9.53 Å². The number of hydrogen-bond donors (Lipinski definition) is 0. The van der Waals surface area contributed by atoms with Crippen LogP contribution in [0.2, 0.25) is 0 Å². The number of nitrogens with zero attached hydrogens (tertiary/aromatic N) is 2. The van der Waals surface area contributed by atoms with Gasteiger partial charge in [-0.05, 0) is 13.0 Å². The molecular weight excluding hydrogens is 156 g/mol. The third-order valence-corrected chi connectivity index (χ3v) is 1.29. The Hall–Kier alpha value is -1.58. The average molecular weight is 166 g/mol. The van der Waals surface area contributed by atoms with Crippen LogP contribution >= 0.6 is 0 Å². The summed E-state index contributed by atoms with van der Waals surface area (Å²) in [4.78, 5) is 11.1. The molecule has 0 atom stereocenters. The van der Waals surface area contributed by atoms with E-state index in [-0.39, 0.29) is 5.70 Å². The van der Waals surface area contributed by atoms with Gasteiger partial charge in [0.05, 0.1) is 6.61 Å². The first-order chi connectivity index (χ1) is 5.75. The van der Waals surface area contributed by atoms with Crippen LogP contribution in [0.1, 0.15) is 6.92 Å². The molecule has 0 aromatic carbocycles. The lowest BCUT2D eigenvalue weighted by Gasteiger charge is -2.03. The molecule has 0 radical (unpaired) electrons. The molecule has 0 unspecified atom stereocenters. The number of carbonyl (C=O) groups excluding carboxylic acids is 1. The molecule has 0 saturated carbocycles. The van der Waals surface area contributed by atoms with Crippen molar-refractivity contribution in [2.45, 2.75) is 6.92 Å². The van der Waals surface area contributed by atoms with E-state index in [2.05, 4.69) is 11.7 Å². The molecule has 1 aromatic rings. The van der Waals surface area contributed by atoms with Gasteiger partial charge in [0.2, 0.25) is 0 Å².